The van der Waals surface area contributed by atoms with Crippen molar-refractivity contribution in [3.8, 4) is 17.0 Å². The van der Waals surface area contributed by atoms with Crippen LogP contribution in [-0.4, -0.2) is 28.6 Å². The summed E-state index contributed by atoms with van der Waals surface area (Å²) in [6.45, 7) is 5.79. The highest BCUT2D eigenvalue weighted by atomic mass is 35.5. The van der Waals surface area contributed by atoms with Gasteiger partial charge in [-0.1, -0.05) is 11.6 Å². The number of aromatic nitrogens is 2. The molecule has 4 nitrogen and oxygen atoms in total. The summed E-state index contributed by atoms with van der Waals surface area (Å²) < 4.78 is 45.5. The Bertz CT molecular complexity index is 700. The summed E-state index contributed by atoms with van der Waals surface area (Å²) in [6.07, 6.45) is -2.79. The smallest absolute Gasteiger partial charge is 0.408 e. The van der Waals surface area contributed by atoms with Gasteiger partial charge in [-0.05, 0) is 32.9 Å². The molecule has 0 amide bonds. The van der Waals surface area contributed by atoms with E-state index < -0.39 is 12.2 Å². The van der Waals surface area contributed by atoms with E-state index in [0.717, 1.165) is 6.92 Å². The van der Waals surface area contributed by atoms with Crippen molar-refractivity contribution in [1.29, 1.82) is 0 Å². The van der Waals surface area contributed by atoms with Crippen molar-refractivity contribution in [1.82, 2.24) is 9.78 Å². The highest BCUT2D eigenvalue weighted by molar-refractivity contribution is 6.33. The first kappa shape index (κ1) is 18.4. The molecule has 24 heavy (non-hydrogen) atoms. The summed E-state index contributed by atoms with van der Waals surface area (Å²) >= 11 is 6.21. The molecule has 0 spiro atoms. The SMILES string of the molecule is CCOc1cc(N[C@H](C)C(F)(F)F)ccc1-c1c(Cl)cnn1CC. The lowest BCUT2D eigenvalue weighted by molar-refractivity contribution is -0.138. The molecule has 2 aromatic rings. The topological polar surface area (TPSA) is 39.1 Å². The van der Waals surface area contributed by atoms with Crippen molar-refractivity contribution < 1.29 is 17.9 Å². The Morgan fingerprint density at radius 1 is 1.33 bits per heavy atom. The highest BCUT2D eigenvalue weighted by Crippen LogP contribution is 2.37. The molecule has 0 aliphatic carbocycles. The predicted molar refractivity (Wildman–Crippen MR) is 88.7 cm³/mol. The number of nitrogens with zero attached hydrogens (tertiary/aromatic N) is 2. The van der Waals surface area contributed by atoms with E-state index in [1.54, 1.807) is 29.8 Å². The van der Waals surface area contributed by atoms with E-state index in [9.17, 15) is 13.2 Å². The third-order valence-corrected chi connectivity index (χ3v) is 3.78. The van der Waals surface area contributed by atoms with E-state index in [1.807, 2.05) is 6.92 Å². The zero-order chi connectivity index (χ0) is 17.9. The molecule has 1 aromatic heterocycles. The minimum Gasteiger partial charge on any atom is -0.493 e. The Morgan fingerprint density at radius 2 is 2.04 bits per heavy atom. The first-order valence-electron chi connectivity index (χ1n) is 7.59. The second kappa shape index (κ2) is 7.34. The number of nitrogens with one attached hydrogen (secondary N) is 1. The van der Waals surface area contributed by atoms with Crippen LogP contribution in [0.2, 0.25) is 5.02 Å². The summed E-state index contributed by atoms with van der Waals surface area (Å²) in [5.41, 5.74) is 1.69. The Labute approximate surface area is 143 Å². The van der Waals surface area contributed by atoms with Crippen LogP contribution in [0, 0.1) is 0 Å². The van der Waals surface area contributed by atoms with Crippen molar-refractivity contribution in [2.75, 3.05) is 11.9 Å². The first-order valence-corrected chi connectivity index (χ1v) is 7.97. The maximum atomic E-state index is 12.7. The van der Waals surface area contributed by atoms with Gasteiger partial charge in [0.25, 0.3) is 0 Å². The predicted octanol–water partition coefficient (Wildman–Crippen LogP) is 4.98. The van der Waals surface area contributed by atoms with Gasteiger partial charge in [0.15, 0.2) is 0 Å². The van der Waals surface area contributed by atoms with Crippen molar-refractivity contribution in [2.45, 2.75) is 39.5 Å². The van der Waals surface area contributed by atoms with Crippen LogP contribution in [0.3, 0.4) is 0 Å². The minimum atomic E-state index is -4.32. The van der Waals surface area contributed by atoms with Crippen LogP contribution in [0.1, 0.15) is 20.8 Å². The molecule has 1 aromatic carbocycles. The molecular weight excluding hydrogens is 343 g/mol. The Morgan fingerprint density at radius 3 is 2.62 bits per heavy atom. The first-order chi connectivity index (χ1) is 11.3. The number of anilines is 1. The third-order valence-electron chi connectivity index (χ3n) is 3.51. The molecule has 0 unspecified atom stereocenters. The summed E-state index contributed by atoms with van der Waals surface area (Å²) in [4.78, 5) is 0. The van der Waals surface area contributed by atoms with Crippen molar-refractivity contribution in [3.63, 3.8) is 0 Å². The lowest BCUT2D eigenvalue weighted by atomic mass is 10.1. The van der Waals surface area contributed by atoms with Gasteiger partial charge in [-0.25, -0.2) is 0 Å². The number of alkyl halides is 3. The maximum Gasteiger partial charge on any atom is 0.408 e. The van der Waals surface area contributed by atoms with E-state index in [1.165, 1.54) is 6.20 Å². The van der Waals surface area contributed by atoms with Crippen LogP contribution in [-0.2, 0) is 6.54 Å². The molecule has 1 N–H and O–H groups in total. The van der Waals surface area contributed by atoms with Crippen LogP contribution < -0.4 is 10.1 Å². The largest absolute Gasteiger partial charge is 0.493 e. The van der Waals surface area contributed by atoms with Crippen molar-refractivity contribution >= 4 is 17.3 Å². The number of rotatable bonds is 6. The van der Waals surface area contributed by atoms with E-state index in [4.69, 9.17) is 16.3 Å². The average Bonchev–Trinajstić information content (AvgIpc) is 2.88. The second-order valence-corrected chi connectivity index (χ2v) is 5.62. The molecule has 132 valence electrons. The third kappa shape index (κ3) is 3.95. The van der Waals surface area contributed by atoms with Gasteiger partial charge in [-0.3, -0.25) is 4.68 Å². The Balaban J connectivity index is 2.42. The van der Waals surface area contributed by atoms with Gasteiger partial charge in [0.1, 0.15) is 11.8 Å². The fourth-order valence-corrected chi connectivity index (χ4v) is 2.53. The van der Waals surface area contributed by atoms with E-state index >= 15 is 0 Å². The molecule has 1 heterocycles. The molecule has 0 radical (unpaired) electrons. The maximum absolute atomic E-state index is 12.7. The summed E-state index contributed by atoms with van der Waals surface area (Å²) in [6, 6.07) is 3.14. The van der Waals surface area contributed by atoms with Crippen LogP contribution >= 0.6 is 11.6 Å². The quantitative estimate of drug-likeness (QED) is 0.788. The molecule has 0 bridgehead atoms. The lowest BCUT2D eigenvalue weighted by Crippen LogP contribution is -2.33. The Hall–Kier alpha value is -1.89. The van der Waals surface area contributed by atoms with Gasteiger partial charge < -0.3 is 10.1 Å². The number of aryl methyl sites for hydroxylation is 1. The summed E-state index contributed by atoms with van der Waals surface area (Å²) in [5.74, 6) is 0.453. The zero-order valence-corrected chi connectivity index (χ0v) is 14.4. The van der Waals surface area contributed by atoms with Gasteiger partial charge in [0, 0.05) is 23.9 Å². The molecule has 0 aliphatic heterocycles. The molecule has 0 fully saturated rings. The van der Waals surface area contributed by atoms with Crippen LogP contribution in [0.5, 0.6) is 5.75 Å². The van der Waals surface area contributed by atoms with Gasteiger partial charge in [-0.15, -0.1) is 0 Å². The minimum absolute atomic E-state index is 0.325. The molecule has 0 aliphatic rings. The van der Waals surface area contributed by atoms with Crippen LogP contribution in [0.4, 0.5) is 18.9 Å². The number of ether oxygens (including phenoxy) is 1. The van der Waals surface area contributed by atoms with E-state index in [0.29, 0.717) is 40.9 Å². The zero-order valence-electron chi connectivity index (χ0n) is 13.6. The van der Waals surface area contributed by atoms with Gasteiger partial charge >= 0.3 is 6.18 Å². The van der Waals surface area contributed by atoms with Gasteiger partial charge in [-0.2, -0.15) is 18.3 Å². The summed E-state index contributed by atoms with van der Waals surface area (Å²) in [5, 5.41) is 7.08. The van der Waals surface area contributed by atoms with Crippen molar-refractivity contribution in [3.05, 3.63) is 29.4 Å². The molecular formula is C16H19ClF3N3O. The van der Waals surface area contributed by atoms with Crippen LogP contribution in [0.25, 0.3) is 11.3 Å². The molecule has 0 saturated heterocycles. The monoisotopic (exact) mass is 361 g/mol. The van der Waals surface area contributed by atoms with Crippen LogP contribution in [0.15, 0.2) is 24.4 Å². The fourth-order valence-electron chi connectivity index (χ4n) is 2.28. The Kier molecular flexibility index (Phi) is 5.64. The normalized spacial score (nSPS) is 13.0. The lowest BCUT2D eigenvalue weighted by Gasteiger charge is -2.20. The highest BCUT2D eigenvalue weighted by Gasteiger charge is 2.36. The van der Waals surface area contributed by atoms with Gasteiger partial charge in [0.05, 0.1) is 23.5 Å². The van der Waals surface area contributed by atoms with Gasteiger partial charge in [0.2, 0.25) is 0 Å². The van der Waals surface area contributed by atoms with E-state index in [2.05, 4.69) is 10.4 Å². The second-order valence-electron chi connectivity index (χ2n) is 5.21. The molecule has 8 heteroatoms. The molecule has 2 rings (SSSR count). The average molecular weight is 362 g/mol. The fraction of sp³-hybridized carbons (Fsp3) is 0.438. The number of hydrogen-bond donors (Lipinski definition) is 1. The number of halogens is 4. The number of hydrogen-bond acceptors (Lipinski definition) is 3. The summed E-state index contributed by atoms with van der Waals surface area (Å²) in [7, 11) is 0. The molecule has 1 atom stereocenters. The molecule has 0 saturated carbocycles. The van der Waals surface area contributed by atoms with E-state index in [-0.39, 0.29) is 0 Å². The number of benzene rings is 1. The van der Waals surface area contributed by atoms with Crippen molar-refractivity contribution in [2.24, 2.45) is 0 Å². The standard InChI is InChI=1S/C16H19ClF3N3O/c1-4-23-15(13(17)9-21-23)12-7-6-11(8-14(12)24-5-2)22-10(3)16(18,19)20/h6-10,22H,4-5H2,1-3H3/t10-/m1/s1.